The van der Waals surface area contributed by atoms with Crippen LogP contribution >= 0.6 is 0 Å². The minimum atomic E-state index is 0.257. The van der Waals surface area contributed by atoms with Gasteiger partial charge in [0.25, 0.3) is 0 Å². The number of hydrogen-bond acceptors (Lipinski definition) is 7. The minimum absolute atomic E-state index is 0.257. The fourth-order valence-electron chi connectivity index (χ4n) is 2.95. The fourth-order valence-corrected chi connectivity index (χ4v) is 2.95. The monoisotopic (exact) mass is 313 g/mol. The number of aromatic nitrogens is 2. The first-order valence-corrected chi connectivity index (χ1v) is 7.83. The van der Waals surface area contributed by atoms with E-state index < -0.39 is 0 Å². The lowest BCUT2D eigenvalue weighted by atomic mass is 10.1. The van der Waals surface area contributed by atoms with Gasteiger partial charge in [0.05, 0.1) is 0 Å². The van der Waals surface area contributed by atoms with Gasteiger partial charge in [0.15, 0.2) is 23.1 Å². The number of hydrogen-bond donors (Lipinski definition) is 2. The summed E-state index contributed by atoms with van der Waals surface area (Å²) < 4.78 is 10.7. The van der Waals surface area contributed by atoms with E-state index >= 15 is 0 Å². The summed E-state index contributed by atoms with van der Waals surface area (Å²) >= 11 is 0. The second-order valence-electron chi connectivity index (χ2n) is 5.70. The summed E-state index contributed by atoms with van der Waals surface area (Å²) in [6.07, 6.45) is 5.17. The van der Waals surface area contributed by atoms with Crippen molar-refractivity contribution in [2.75, 3.05) is 35.8 Å². The van der Waals surface area contributed by atoms with Crippen LogP contribution in [0.1, 0.15) is 19.3 Å². The molecule has 0 saturated carbocycles. The van der Waals surface area contributed by atoms with E-state index in [1.54, 1.807) is 6.33 Å². The third kappa shape index (κ3) is 2.69. The zero-order chi connectivity index (χ0) is 15.6. The van der Waals surface area contributed by atoms with E-state index in [0.29, 0.717) is 11.5 Å². The van der Waals surface area contributed by atoms with Gasteiger partial charge in [0.1, 0.15) is 12.0 Å². The Morgan fingerprint density at radius 1 is 1.04 bits per heavy atom. The highest BCUT2D eigenvalue weighted by Gasteiger charge is 2.18. The summed E-state index contributed by atoms with van der Waals surface area (Å²) in [6.45, 7) is 2.24. The van der Waals surface area contributed by atoms with Crippen LogP contribution in [0.2, 0.25) is 0 Å². The van der Waals surface area contributed by atoms with Crippen LogP contribution in [0.15, 0.2) is 24.5 Å². The van der Waals surface area contributed by atoms with Crippen LogP contribution in [0.5, 0.6) is 11.5 Å². The number of fused-ring (bicyclic) bond motifs is 1. The standard InChI is InChI=1S/C16H19N5O2/c17-14-15(18-9-19-16(14)21-6-2-1-3-7-21)20-11-4-5-12-13(8-11)23-10-22-12/h4-5,8-9H,1-3,6-7,10,17H2,(H,18,19,20). The van der Waals surface area contributed by atoms with Gasteiger partial charge in [-0.15, -0.1) is 0 Å². The molecule has 7 nitrogen and oxygen atoms in total. The first kappa shape index (κ1) is 13.9. The minimum Gasteiger partial charge on any atom is -0.454 e. The lowest BCUT2D eigenvalue weighted by Crippen LogP contribution is -2.31. The van der Waals surface area contributed by atoms with Gasteiger partial charge in [0.2, 0.25) is 6.79 Å². The molecule has 23 heavy (non-hydrogen) atoms. The summed E-state index contributed by atoms with van der Waals surface area (Å²) in [5.41, 5.74) is 7.72. The number of nitrogens with zero attached hydrogens (tertiary/aromatic N) is 3. The largest absolute Gasteiger partial charge is 0.454 e. The summed E-state index contributed by atoms with van der Waals surface area (Å²) in [6, 6.07) is 5.66. The Morgan fingerprint density at radius 3 is 2.74 bits per heavy atom. The second-order valence-corrected chi connectivity index (χ2v) is 5.70. The van der Waals surface area contributed by atoms with Crippen molar-refractivity contribution in [3.63, 3.8) is 0 Å². The predicted molar refractivity (Wildman–Crippen MR) is 88.4 cm³/mol. The lowest BCUT2D eigenvalue weighted by molar-refractivity contribution is 0.174. The van der Waals surface area contributed by atoms with E-state index in [1.807, 2.05) is 18.2 Å². The second kappa shape index (κ2) is 5.83. The average Bonchev–Trinajstić information content (AvgIpc) is 3.05. The maximum Gasteiger partial charge on any atom is 0.231 e. The number of ether oxygens (including phenoxy) is 2. The Labute approximate surface area is 134 Å². The molecule has 0 bridgehead atoms. The van der Waals surface area contributed by atoms with Crippen molar-refractivity contribution < 1.29 is 9.47 Å². The topological polar surface area (TPSA) is 85.5 Å². The van der Waals surface area contributed by atoms with Gasteiger partial charge in [-0.05, 0) is 31.4 Å². The van der Waals surface area contributed by atoms with Crippen molar-refractivity contribution in [1.82, 2.24) is 9.97 Å². The zero-order valence-corrected chi connectivity index (χ0v) is 12.8. The van der Waals surface area contributed by atoms with Crippen LogP contribution in [0.4, 0.5) is 23.0 Å². The smallest absolute Gasteiger partial charge is 0.231 e. The average molecular weight is 313 g/mol. The predicted octanol–water partition coefficient (Wildman–Crippen LogP) is 2.52. The van der Waals surface area contributed by atoms with Crippen LogP contribution in [-0.4, -0.2) is 29.9 Å². The number of benzene rings is 1. The molecule has 2 aromatic rings. The molecule has 2 aliphatic rings. The Kier molecular flexibility index (Phi) is 3.53. The van der Waals surface area contributed by atoms with Crippen molar-refractivity contribution in [3.8, 4) is 11.5 Å². The van der Waals surface area contributed by atoms with Crippen molar-refractivity contribution in [3.05, 3.63) is 24.5 Å². The summed E-state index contributed by atoms with van der Waals surface area (Å²) in [4.78, 5) is 10.9. The van der Waals surface area contributed by atoms with Crippen LogP contribution in [0.25, 0.3) is 0 Å². The molecule has 120 valence electrons. The molecule has 0 spiro atoms. The Balaban J connectivity index is 1.59. The molecule has 4 rings (SSSR count). The van der Waals surface area contributed by atoms with Gasteiger partial charge >= 0.3 is 0 Å². The number of piperidine rings is 1. The molecule has 1 aromatic carbocycles. The van der Waals surface area contributed by atoms with Crippen molar-refractivity contribution in [2.45, 2.75) is 19.3 Å². The summed E-state index contributed by atoms with van der Waals surface area (Å²) in [7, 11) is 0. The molecule has 7 heteroatoms. The summed E-state index contributed by atoms with van der Waals surface area (Å²) in [5, 5.41) is 3.24. The number of rotatable bonds is 3. The highest BCUT2D eigenvalue weighted by atomic mass is 16.7. The fraction of sp³-hybridized carbons (Fsp3) is 0.375. The molecule has 3 N–H and O–H groups in total. The van der Waals surface area contributed by atoms with Crippen LogP contribution in [0, 0.1) is 0 Å². The molecule has 0 radical (unpaired) electrons. The van der Waals surface area contributed by atoms with E-state index in [4.69, 9.17) is 15.2 Å². The Morgan fingerprint density at radius 2 is 1.87 bits per heavy atom. The van der Waals surface area contributed by atoms with Crippen molar-refractivity contribution in [2.24, 2.45) is 0 Å². The molecular formula is C16H19N5O2. The van der Waals surface area contributed by atoms with Crippen LogP contribution in [0.3, 0.4) is 0 Å². The third-order valence-corrected chi connectivity index (χ3v) is 4.15. The number of nitrogens with one attached hydrogen (secondary N) is 1. The summed E-state index contributed by atoms with van der Waals surface area (Å²) in [5.74, 6) is 2.89. The van der Waals surface area contributed by atoms with E-state index in [-0.39, 0.29) is 6.79 Å². The van der Waals surface area contributed by atoms with Gasteiger partial charge in [-0.3, -0.25) is 0 Å². The normalized spacial score (nSPS) is 16.4. The quantitative estimate of drug-likeness (QED) is 0.900. The molecular weight excluding hydrogens is 294 g/mol. The van der Waals surface area contributed by atoms with E-state index in [2.05, 4.69) is 20.2 Å². The number of anilines is 4. The molecule has 0 atom stereocenters. The van der Waals surface area contributed by atoms with Crippen LogP contribution in [-0.2, 0) is 0 Å². The molecule has 1 fully saturated rings. The Bertz CT molecular complexity index is 716. The van der Waals surface area contributed by atoms with E-state index in [1.165, 1.54) is 19.3 Å². The highest BCUT2D eigenvalue weighted by Crippen LogP contribution is 2.36. The molecule has 3 heterocycles. The van der Waals surface area contributed by atoms with Gasteiger partial charge in [-0.25, -0.2) is 9.97 Å². The van der Waals surface area contributed by atoms with E-state index in [0.717, 1.165) is 36.1 Å². The van der Waals surface area contributed by atoms with Crippen molar-refractivity contribution >= 4 is 23.0 Å². The molecule has 0 amide bonds. The SMILES string of the molecule is Nc1c(Nc2ccc3c(c2)OCO3)ncnc1N1CCCCC1. The van der Waals surface area contributed by atoms with Gasteiger partial charge < -0.3 is 25.4 Å². The van der Waals surface area contributed by atoms with Crippen LogP contribution < -0.4 is 25.4 Å². The van der Waals surface area contributed by atoms with Crippen molar-refractivity contribution in [1.29, 1.82) is 0 Å². The van der Waals surface area contributed by atoms with E-state index in [9.17, 15) is 0 Å². The molecule has 2 aliphatic heterocycles. The van der Waals surface area contributed by atoms with Gasteiger partial charge in [-0.1, -0.05) is 0 Å². The highest BCUT2D eigenvalue weighted by molar-refractivity contribution is 5.78. The third-order valence-electron chi connectivity index (χ3n) is 4.15. The maximum atomic E-state index is 6.29. The molecule has 0 unspecified atom stereocenters. The number of nitrogen functional groups attached to an aromatic ring is 1. The Hall–Kier alpha value is -2.70. The first-order chi connectivity index (χ1) is 11.3. The molecule has 1 aromatic heterocycles. The lowest BCUT2D eigenvalue weighted by Gasteiger charge is -2.28. The van der Waals surface area contributed by atoms with Gasteiger partial charge in [-0.2, -0.15) is 0 Å². The molecule has 1 saturated heterocycles. The zero-order valence-electron chi connectivity index (χ0n) is 12.8. The molecule has 0 aliphatic carbocycles. The first-order valence-electron chi connectivity index (χ1n) is 7.83. The number of nitrogens with two attached hydrogens (primary N) is 1. The maximum absolute atomic E-state index is 6.29. The van der Waals surface area contributed by atoms with Gasteiger partial charge in [0, 0.05) is 24.8 Å².